The fourth-order valence-electron chi connectivity index (χ4n) is 3.50. The van der Waals surface area contributed by atoms with E-state index < -0.39 is 11.9 Å². The van der Waals surface area contributed by atoms with Crippen LogP contribution < -0.4 is 14.2 Å². The molecule has 0 atom stereocenters. The molecule has 0 amide bonds. The Hall–Kier alpha value is -3.01. The second-order valence-corrected chi connectivity index (χ2v) is 7.65. The summed E-state index contributed by atoms with van der Waals surface area (Å²) in [5.74, 6) is -1.57. The summed E-state index contributed by atoms with van der Waals surface area (Å²) >= 11 is 6.29. The minimum atomic E-state index is -1.82. The van der Waals surface area contributed by atoms with Crippen LogP contribution in [0.15, 0.2) is 36.4 Å². The number of piperazine rings is 1. The minimum absolute atomic E-state index is 0.648. The lowest BCUT2D eigenvalue weighted by molar-refractivity contribution is -0.159. The summed E-state index contributed by atoms with van der Waals surface area (Å²) in [5.41, 5.74) is 2.30. The van der Waals surface area contributed by atoms with Crippen molar-refractivity contribution < 1.29 is 34.0 Å². The first-order chi connectivity index (χ1) is 15.8. The third-order valence-electron chi connectivity index (χ3n) is 5.18. The first kappa shape index (κ1) is 26.2. The summed E-state index contributed by atoms with van der Waals surface area (Å²) in [7, 11) is 4.94. The van der Waals surface area contributed by atoms with E-state index in [-0.39, 0.29) is 0 Å². The molecule has 0 bridgehead atoms. The van der Waals surface area contributed by atoms with Gasteiger partial charge in [0.05, 0.1) is 21.3 Å². The van der Waals surface area contributed by atoms with Gasteiger partial charge in [-0.25, -0.2) is 9.59 Å². The van der Waals surface area contributed by atoms with Crippen molar-refractivity contribution in [2.45, 2.75) is 13.1 Å². The number of aliphatic carboxylic acids is 2. The van der Waals surface area contributed by atoms with Gasteiger partial charge in [-0.15, -0.1) is 0 Å². The van der Waals surface area contributed by atoms with E-state index in [1.54, 1.807) is 21.3 Å². The predicted octanol–water partition coefficient (Wildman–Crippen LogP) is 2.84. The molecule has 1 heterocycles. The van der Waals surface area contributed by atoms with Gasteiger partial charge in [-0.1, -0.05) is 35.9 Å². The first-order valence-corrected chi connectivity index (χ1v) is 10.6. The van der Waals surface area contributed by atoms with E-state index in [1.165, 1.54) is 5.56 Å². The second kappa shape index (κ2) is 12.9. The molecule has 2 aromatic carbocycles. The molecule has 0 aliphatic carbocycles. The number of nitrogens with zero attached hydrogens (tertiary/aromatic N) is 2. The number of carbonyl (C=O) groups is 2. The molecule has 9 nitrogen and oxygen atoms in total. The third kappa shape index (κ3) is 7.52. The minimum Gasteiger partial charge on any atom is -0.493 e. The van der Waals surface area contributed by atoms with Gasteiger partial charge in [-0.2, -0.15) is 0 Å². The molecule has 0 radical (unpaired) electrons. The number of hydrogen-bond donors (Lipinski definition) is 2. The van der Waals surface area contributed by atoms with Gasteiger partial charge >= 0.3 is 11.9 Å². The maximum atomic E-state index is 9.10. The molecule has 3 rings (SSSR count). The lowest BCUT2D eigenvalue weighted by Gasteiger charge is -2.35. The maximum Gasteiger partial charge on any atom is 0.414 e. The molecule has 1 aliphatic heterocycles. The number of ether oxygens (including phenoxy) is 3. The van der Waals surface area contributed by atoms with E-state index in [0.29, 0.717) is 11.5 Å². The van der Waals surface area contributed by atoms with Crippen molar-refractivity contribution in [2.24, 2.45) is 0 Å². The molecule has 2 N–H and O–H groups in total. The normalized spacial score (nSPS) is 14.1. The second-order valence-electron chi connectivity index (χ2n) is 7.25. The van der Waals surface area contributed by atoms with Crippen LogP contribution >= 0.6 is 11.6 Å². The predicted molar refractivity (Wildman–Crippen MR) is 123 cm³/mol. The zero-order valence-corrected chi connectivity index (χ0v) is 19.7. The molecule has 10 heteroatoms. The highest BCUT2D eigenvalue weighted by atomic mass is 35.5. The molecule has 33 heavy (non-hydrogen) atoms. The average molecular weight is 481 g/mol. The van der Waals surface area contributed by atoms with Gasteiger partial charge in [-0.05, 0) is 17.7 Å². The molecule has 0 spiro atoms. The monoisotopic (exact) mass is 480 g/mol. The van der Waals surface area contributed by atoms with Crippen LogP contribution in [0.3, 0.4) is 0 Å². The number of halogens is 1. The molecule has 0 unspecified atom stereocenters. The Morgan fingerprint density at radius 2 is 1.30 bits per heavy atom. The fraction of sp³-hybridized carbons (Fsp3) is 0.391. The lowest BCUT2D eigenvalue weighted by atomic mass is 10.1. The van der Waals surface area contributed by atoms with Crippen LogP contribution in [-0.4, -0.2) is 79.5 Å². The van der Waals surface area contributed by atoms with Crippen molar-refractivity contribution in [1.29, 1.82) is 0 Å². The Kier molecular flexibility index (Phi) is 10.2. The summed E-state index contributed by atoms with van der Waals surface area (Å²) in [4.78, 5) is 23.1. The Bertz CT molecular complexity index is 934. The summed E-state index contributed by atoms with van der Waals surface area (Å²) in [6.45, 7) is 5.75. The molecule has 0 saturated carbocycles. The van der Waals surface area contributed by atoms with Gasteiger partial charge in [0.1, 0.15) is 0 Å². The number of carboxylic acids is 2. The van der Waals surface area contributed by atoms with E-state index in [1.807, 2.05) is 24.3 Å². The number of rotatable bonds is 7. The highest BCUT2D eigenvalue weighted by Crippen LogP contribution is 2.40. The highest BCUT2D eigenvalue weighted by Gasteiger charge is 2.21. The molecule has 0 aromatic heterocycles. The van der Waals surface area contributed by atoms with Crippen LogP contribution in [-0.2, 0) is 22.7 Å². The van der Waals surface area contributed by atoms with E-state index in [9.17, 15) is 0 Å². The van der Waals surface area contributed by atoms with Gasteiger partial charge in [0.15, 0.2) is 11.5 Å². The first-order valence-electron chi connectivity index (χ1n) is 10.2. The van der Waals surface area contributed by atoms with Crippen LogP contribution in [0.4, 0.5) is 0 Å². The Balaban J connectivity index is 0.000000569. The van der Waals surface area contributed by atoms with Crippen LogP contribution in [0.1, 0.15) is 11.1 Å². The largest absolute Gasteiger partial charge is 0.493 e. The summed E-state index contributed by atoms with van der Waals surface area (Å²) in [6.07, 6.45) is 0. The molecule has 2 aromatic rings. The van der Waals surface area contributed by atoms with Gasteiger partial charge < -0.3 is 24.4 Å². The van der Waals surface area contributed by atoms with E-state index in [0.717, 1.165) is 55.6 Å². The van der Waals surface area contributed by atoms with Gasteiger partial charge in [0.25, 0.3) is 0 Å². The van der Waals surface area contributed by atoms with E-state index in [2.05, 4.69) is 21.9 Å². The van der Waals surface area contributed by atoms with Crippen LogP contribution in [0.25, 0.3) is 0 Å². The molecular weight excluding hydrogens is 452 g/mol. The van der Waals surface area contributed by atoms with Crippen molar-refractivity contribution in [2.75, 3.05) is 47.5 Å². The number of carboxylic acid groups (broad SMARTS) is 2. The van der Waals surface area contributed by atoms with Crippen molar-refractivity contribution in [3.63, 3.8) is 0 Å². The molecule has 1 fully saturated rings. The van der Waals surface area contributed by atoms with Crippen LogP contribution in [0.2, 0.25) is 5.02 Å². The van der Waals surface area contributed by atoms with Crippen LogP contribution in [0, 0.1) is 0 Å². The topological polar surface area (TPSA) is 109 Å². The van der Waals surface area contributed by atoms with Crippen molar-refractivity contribution in [3.8, 4) is 17.2 Å². The van der Waals surface area contributed by atoms with Crippen molar-refractivity contribution >= 4 is 23.5 Å². The van der Waals surface area contributed by atoms with Crippen molar-refractivity contribution in [1.82, 2.24) is 9.80 Å². The molecule has 1 aliphatic rings. The average Bonchev–Trinajstić information content (AvgIpc) is 2.81. The van der Waals surface area contributed by atoms with E-state index in [4.69, 9.17) is 45.6 Å². The molecule has 180 valence electrons. The van der Waals surface area contributed by atoms with E-state index >= 15 is 0 Å². The Morgan fingerprint density at radius 1 is 0.788 bits per heavy atom. The smallest absolute Gasteiger partial charge is 0.414 e. The quantitative estimate of drug-likeness (QED) is 0.578. The molecular formula is C23H29ClN2O7. The van der Waals surface area contributed by atoms with Gasteiger partial charge in [0.2, 0.25) is 5.75 Å². The Labute approximate surface area is 198 Å². The number of hydrogen-bond acceptors (Lipinski definition) is 7. The lowest BCUT2D eigenvalue weighted by Crippen LogP contribution is -2.45. The zero-order valence-electron chi connectivity index (χ0n) is 18.9. The standard InChI is InChI=1S/C21H27ClN2O3.C2H2O4/c1-25-19-9-8-17(20(26-2)21(19)27-3)15-24-12-10-23(11-13-24)14-16-6-4-5-7-18(16)22;3-1(4)2(5)6/h4-9H,10-15H2,1-3H3;(H,3,4)(H,5,6). The summed E-state index contributed by atoms with van der Waals surface area (Å²) in [6, 6.07) is 12.1. The Morgan fingerprint density at radius 3 is 1.76 bits per heavy atom. The number of methoxy groups -OCH3 is 3. The SMILES string of the molecule is COc1ccc(CN2CCN(Cc3ccccc3Cl)CC2)c(OC)c1OC.O=C(O)C(=O)O. The zero-order chi connectivity index (χ0) is 24.4. The highest BCUT2D eigenvalue weighted by molar-refractivity contribution is 6.31. The van der Waals surface area contributed by atoms with Gasteiger partial charge in [0, 0.05) is 49.9 Å². The number of benzene rings is 2. The third-order valence-corrected chi connectivity index (χ3v) is 5.55. The van der Waals surface area contributed by atoms with Crippen LogP contribution in [0.5, 0.6) is 17.2 Å². The molecule has 1 saturated heterocycles. The summed E-state index contributed by atoms with van der Waals surface area (Å²) < 4.78 is 16.5. The van der Waals surface area contributed by atoms with Crippen molar-refractivity contribution in [3.05, 3.63) is 52.5 Å². The van der Waals surface area contributed by atoms with Gasteiger partial charge in [-0.3, -0.25) is 9.80 Å². The fourth-order valence-corrected chi connectivity index (χ4v) is 3.70. The maximum absolute atomic E-state index is 9.10. The summed E-state index contributed by atoms with van der Waals surface area (Å²) in [5, 5.41) is 15.6.